The summed E-state index contributed by atoms with van der Waals surface area (Å²) in [4.78, 5) is 25.3. The molecular formula is C25H23FN6O. The van der Waals surface area contributed by atoms with Crippen LogP contribution in [0.2, 0.25) is 0 Å². The van der Waals surface area contributed by atoms with Gasteiger partial charge in [-0.25, -0.2) is 19.3 Å². The zero-order valence-corrected chi connectivity index (χ0v) is 18.2. The maximum absolute atomic E-state index is 14.7. The number of aromatic nitrogens is 5. The molecule has 166 valence electrons. The number of hydrogen-bond acceptors (Lipinski definition) is 5. The molecule has 1 aliphatic rings. The van der Waals surface area contributed by atoms with Gasteiger partial charge < -0.3 is 5.32 Å². The van der Waals surface area contributed by atoms with Gasteiger partial charge in [0.25, 0.3) is 0 Å². The SMILES string of the molecule is Cc1ccc(NC(=O)Cc2ccc(-c3cnc(Cc4cnn(C5CC5)c4)nc3)cc2F)nc1. The number of pyridine rings is 1. The second-order valence-corrected chi connectivity index (χ2v) is 8.38. The number of amides is 1. The van der Waals surface area contributed by atoms with E-state index in [1.54, 1.807) is 36.8 Å². The summed E-state index contributed by atoms with van der Waals surface area (Å²) in [5.74, 6) is 0.360. The maximum Gasteiger partial charge on any atom is 0.230 e. The van der Waals surface area contributed by atoms with Crippen molar-refractivity contribution < 1.29 is 9.18 Å². The zero-order chi connectivity index (χ0) is 22.8. The van der Waals surface area contributed by atoms with E-state index < -0.39 is 5.82 Å². The lowest BCUT2D eigenvalue weighted by Gasteiger charge is -2.08. The average molecular weight is 442 g/mol. The van der Waals surface area contributed by atoms with Gasteiger partial charge in [0.1, 0.15) is 17.5 Å². The molecule has 1 aromatic carbocycles. The van der Waals surface area contributed by atoms with E-state index in [1.807, 2.05) is 30.1 Å². The highest BCUT2D eigenvalue weighted by Gasteiger charge is 2.24. The number of nitrogens with zero attached hydrogens (tertiary/aromatic N) is 5. The van der Waals surface area contributed by atoms with Gasteiger partial charge >= 0.3 is 0 Å². The first-order valence-corrected chi connectivity index (χ1v) is 10.9. The second-order valence-electron chi connectivity index (χ2n) is 8.38. The molecule has 1 N–H and O–H groups in total. The third-order valence-corrected chi connectivity index (χ3v) is 5.56. The van der Waals surface area contributed by atoms with Crippen LogP contribution < -0.4 is 5.32 Å². The predicted molar refractivity (Wildman–Crippen MR) is 122 cm³/mol. The molecule has 0 aliphatic heterocycles. The van der Waals surface area contributed by atoms with E-state index >= 15 is 0 Å². The number of hydrogen-bond donors (Lipinski definition) is 1. The lowest BCUT2D eigenvalue weighted by atomic mass is 10.0. The molecule has 1 saturated carbocycles. The Morgan fingerprint density at radius 2 is 1.88 bits per heavy atom. The first kappa shape index (κ1) is 20.9. The van der Waals surface area contributed by atoms with Crippen LogP contribution in [0.4, 0.5) is 10.2 Å². The van der Waals surface area contributed by atoms with Gasteiger partial charge in [-0.1, -0.05) is 18.2 Å². The molecule has 8 heteroatoms. The molecule has 3 heterocycles. The van der Waals surface area contributed by atoms with Crippen LogP contribution in [0.3, 0.4) is 0 Å². The molecule has 33 heavy (non-hydrogen) atoms. The lowest BCUT2D eigenvalue weighted by Crippen LogP contribution is -2.16. The Hall–Kier alpha value is -3.94. The van der Waals surface area contributed by atoms with E-state index in [9.17, 15) is 9.18 Å². The summed E-state index contributed by atoms with van der Waals surface area (Å²) < 4.78 is 16.7. The van der Waals surface area contributed by atoms with E-state index in [0.717, 1.165) is 11.1 Å². The first-order valence-electron chi connectivity index (χ1n) is 10.9. The summed E-state index contributed by atoms with van der Waals surface area (Å²) in [6.45, 7) is 1.92. The molecule has 0 radical (unpaired) electrons. The normalized spacial score (nSPS) is 13.2. The van der Waals surface area contributed by atoms with Crippen LogP contribution in [0.25, 0.3) is 11.1 Å². The molecular weight excluding hydrogens is 419 g/mol. The summed E-state index contributed by atoms with van der Waals surface area (Å²) in [7, 11) is 0. The van der Waals surface area contributed by atoms with Crippen LogP contribution in [0.1, 0.15) is 41.4 Å². The van der Waals surface area contributed by atoms with Crippen molar-refractivity contribution in [1.29, 1.82) is 0 Å². The van der Waals surface area contributed by atoms with Gasteiger partial charge in [0.2, 0.25) is 5.91 Å². The van der Waals surface area contributed by atoms with E-state index in [2.05, 4.69) is 25.4 Å². The fourth-order valence-corrected chi connectivity index (χ4v) is 3.56. The number of carbonyl (C=O) groups excluding carboxylic acids is 1. The molecule has 4 aromatic rings. The number of rotatable bonds is 7. The molecule has 5 rings (SSSR count). The van der Waals surface area contributed by atoms with Crippen LogP contribution in [0.15, 0.2) is 61.3 Å². The molecule has 0 saturated heterocycles. The van der Waals surface area contributed by atoms with Gasteiger partial charge in [-0.2, -0.15) is 5.10 Å². The number of anilines is 1. The summed E-state index contributed by atoms with van der Waals surface area (Å²) in [5, 5.41) is 7.08. The highest BCUT2D eigenvalue weighted by atomic mass is 19.1. The highest BCUT2D eigenvalue weighted by Crippen LogP contribution is 2.34. The third kappa shape index (κ3) is 5.11. The minimum atomic E-state index is -0.448. The van der Waals surface area contributed by atoms with E-state index in [0.29, 0.717) is 40.8 Å². The number of nitrogens with one attached hydrogen (secondary N) is 1. The van der Waals surface area contributed by atoms with Crippen molar-refractivity contribution in [3.8, 4) is 11.1 Å². The van der Waals surface area contributed by atoms with Crippen LogP contribution in [0, 0.1) is 12.7 Å². The molecule has 0 atom stereocenters. The topological polar surface area (TPSA) is 85.6 Å². The van der Waals surface area contributed by atoms with Crippen LogP contribution in [-0.2, 0) is 17.6 Å². The summed E-state index contributed by atoms with van der Waals surface area (Å²) in [6, 6.07) is 8.92. The van der Waals surface area contributed by atoms with Crippen LogP contribution in [0.5, 0.6) is 0 Å². The quantitative estimate of drug-likeness (QED) is 0.462. The predicted octanol–water partition coefficient (Wildman–Crippen LogP) is 4.29. The minimum absolute atomic E-state index is 0.0777. The van der Waals surface area contributed by atoms with E-state index in [-0.39, 0.29) is 12.3 Å². The van der Waals surface area contributed by atoms with Crippen molar-refractivity contribution in [3.05, 3.63) is 89.6 Å². The minimum Gasteiger partial charge on any atom is -0.310 e. The summed E-state index contributed by atoms with van der Waals surface area (Å²) >= 11 is 0. The Labute approximate surface area is 190 Å². The Bertz CT molecular complexity index is 1280. The van der Waals surface area contributed by atoms with E-state index in [4.69, 9.17) is 0 Å². The molecule has 0 bridgehead atoms. The smallest absolute Gasteiger partial charge is 0.230 e. The summed E-state index contributed by atoms with van der Waals surface area (Å²) in [6.07, 6.45) is 11.9. The van der Waals surface area contributed by atoms with E-state index in [1.165, 1.54) is 18.9 Å². The van der Waals surface area contributed by atoms with Gasteiger partial charge in [-0.3, -0.25) is 9.48 Å². The Kier molecular flexibility index (Phi) is 5.64. The van der Waals surface area contributed by atoms with Crippen molar-refractivity contribution >= 4 is 11.7 Å². The Morgan fingerprint density at radius 3 is 2.58 bits per heavy atom. The molecule has 7 nitrogen and oxygen atoms in total. The molecule has 1 amide bonds. The highest BCUT2D eigenvalue weighted by molar-refractivity contribution is 5.91. The zero-order valence-electron chi connectivity index (χ0n) is 18.2. The fraction of sp³-hybridized carbons (Fsp3) is 0.240. The first-order chi connectivity index (χ1) is 16.0. The second kappa shape index (κ2) is 8.90. The van der Waals surface area contributed by atoms with Gasteiger partial charge in [0.15, 0.2) is 0 Å². The third-order valence-electron chi connectivity index (χ3n) is 5.56. The van der Waals surface area contributed by atoms with Gasteiger partial charge in [-0.15, -0.1) is 0 Å². The fourth-order valence-electron chi connectivity index (χ4n) is 3.56. The van der Waals surface area contributed by atoms with Crippen molar-refractivity contribution in [2.45, 2.75) is 38.6 Å². The van der Waals surface area contributed by atoms with Gasteiger partial charge in [0.05, 0.1) is 18.7 Å². The van der Waals surface area contributed by atoms with Crippen LogP contribution >= 0.6 is 0 Å². The number of carbonyl (C=O) groups is 1. The lowest BCUT2D eigenvalue weighted by molar-refractivity contribution is -0.115. The number of halogens is 1. The van der Waals surface area contributed by atoms with Crippen LogP contribution in [-0.4, -0.2) is 30.6 Å². The number of aryl methyl sites for hydroxylation is 1. The molecule has 1 aliphatic carbocycles. The molecule has 3 aromatic heterocycles. The van der Waals surface area contributed by atoms with Crippen molar-refractivity contribution in [3.63, 3.8) is 0 Å². The molecule has 0 unspecified atom stereocenters. The molecule has 0 spiro atoms. The maximum atomic E-state index is 14.7. The number of benzene rings is 1. The van der Waals surface area contributed by atoms with Crippen molar-refractivity contribution in [2.75, 3.05) is 5.32 Å². The molecule has 1 fully saturated rings. The summed E-state index contributed by atoms with van der Waals surface area (Å²) in [5.41, 5.74) is 3.75. The van der Waals surface area contributed by atoms with Gasteiger partial charge in [-0.05, 0) is 54.2 Å². The Morgan fingerprint density at radius 1 is 1.06 bits per heavy atom. The van der Waals surface area contributed by atoms with Crippen molar-refractivity contribution in [1.82, 2.24) is 24.7 Å². The standard InChI is InChI=1S/C25H23FN6O/c1-16-2-7-23(27-11-16)31-25(33)10-19-4-3-18(9-22(19)26)20-13-28-24(29-14-20)8-17-12-30-32(15-17)21-5-6-21/h2-4,7,9,11-15,21H,5-6,8,10H2,1H3,(H,27,31,33). The van der Waals surface area contributed by atoms with Gasteiger partial charge in [0, 0.05) is 36.8 Å². The van der Waals surface area contributed by atoms with Crippen molar-refractivity contribution in [2.24, 2.45) is 0 Å². The Balaban J connectivity index is 1.22. The largest absolute Gasteiger partial charge is 0.310 e. The average Bonchev–Trinajstić information content (AvgIpc) is 3.56. The monoisotopic (exact) mass is 442 g/mol.